The Hall–Kier alpha value is -1.93. The van der Waals surface area contributed by atoms with E-state index in [0.29, 0.717) is 11.0 Å². The van der Waals surface area contributed by atoms with Crippen molar-refractivity contribution in [2.45, 2.75) is 26.2 Å². The lowest BCUT2D eigenvalue weighted by Gasteiger charge is -2.18. The van der Waals surface area contributed by atoms with E-state index >= 15 is 0 Å². The van der Waals surface area contributed by atoms with Crippen molar-refractivity contribution in [2.24, 2.45) is 0 Å². The maximum Gasteiger partial charge on any atom is 0.161 e. The topological polar surface area (TPSA) is 25.8 Å². The van der Waals surface area contributed by atoms with Crippen LogP contribution in [0, 0.1) is 0 Å². The fourth-order valence-corrected chi connectivity index (χ4v) is 2.53. The minimum atomic E-state index is -0.0636. The van der Waals surface area contributed by atoms with Gasteiger partial charge >= 0.3 is 0 Å². The zero-order chi connectivity index (χ0) is 15.0. The lowest BCUT2D eigenvalue weighted by Crippen LogP contribution is -2.14. The Labute approximate surface area is 129 Å². The van der Waals surface area contributed by atoms with Crippen LogP contribution in [-0.4, -0.2) is 9.97 Å². The van der Waals surface area contributed by atoms with Crippen LogP contribution < -0.4 is 0 Å². The standard InChI is InChI=1S/C18H17ClN2/c1-18(2,3)15-11-16(19)21-17(20-15)14-10-6-8-12-7-4-5-9-13(12)14/h4-11H,1-3H3. The molecule has 0 N–H and O–H groups in total. The summed E-state index contributed by atoms with van der Waals surface area (Å²) in [4.78, 5) is 9.15. The molecule has 1 aromatic heterocycles. The molecule has 3 aromatic rings. The summed E-state index contributed by atoms with van der Waals surface area (Å²) in [7, 11) is 0. The molecule has 0 atom stereocenters. The number of nitrogens with zero attached hydrogens (tertiary/aromatic N) is 2. The van der Waals surface area contributed by atoms with Gasteiger partial charge in [0.05, 0.1) is 5.69 Å². The Balaban J connectivity index is 2.26. The highest BCUT2D eigenvalue weighted by atomic mass is 35.5. The fourth-order valence-electron chi connectivity index (χ4n) is 2.34. The molecule has 1 heterocycles. The van der Waals surface area contributed by atoms with E-state index in [4.69, 9.17) is 16.6 Å². The molecule has 3 heteroatoms. The van der Waals surface area contributed by atoms with Crippen molar-refractivity contribution < 1.29 is 0 Å². The second-order valence-corrected chi connectivity index (χ2v) is 6.56. The van der Waals surface area contributed by atoms with E-state index < -0.39 is 0 Å². The third-order valence-electron chi connectivity index (χ3n) is 3.49. The predicted octanol–water partition coefficient (Wildman–Crippen LogP) is 5.25. The second-order valence-electron chi connectivity index (χ2n) is 6.18. The Morgan fingerprint density at radius 3 is 2.38 bits per heavy atom. The molecule has 2 aromatic carbocycles. The van der Waals surface area contributed by atoms with Crippen LogP contribution in [0.3, 0.4) is 0 Å². The van der Waals surface area contributed by atoms with Crippen molar-refractivity contribution in [2.75, 3.05) is 0 Å². The molecule has 0 fully saturated rings. The van der Waals surface area contributed by atoms with E-state index in [0.717, 1.165) is 16.6 Å². The number of aromatic nitrogens is 2. The molecule has 0 aliphatic rings. The molecule has 0 saturated heterocycles. The normalized spacial score (nSPS) is 11.8. The fraction of sp³-hybridized carbons (Fsp3) is 0.222. The van der Waals surface area contributed by atoms with Crippen molar-refractivity contribution >= 4 is 22.4 Å². The third kappa shape index (κ3) is 2.77. The van der Waals surface area contributed by atoms with E-state index in [1.54, 1.807) is 0 Å². The minimum Gasteiger partial charge on any atom is -0.232 e. The maximum absolute atomic E-state index is 6.21. The zero-order valence-corrected chi connectivity index (χ0v) is 13.1. The lowest BCUT2D eigenvalue weighted by atomic mass is 9.92. The first kappa shape index (κ1) is 14.0. The summed E-state index contributed by atoms with van der Waals surface area (Å²) in [5, 5.41) is 2.80. The predicted molar refractivity (Wildman–Crippen MR) is 88.7 cm³/mol. The van der Waals surface area contributed by atoms with Crippen LogP contribution >= 0.6 is 11.6 Å². The highest BCUT2D eigenvalue weighted by molar-refractivity contribution is 6.29. The van der Waals surface area contributed by atoms with Gasteiger partial charge in [-0.05, 0) is 16.8 Å². The van der Waals surface area contributed by atoms with E-state index in [2.05, 4.69) is 44.0 Å². The van der Waals surface area contributed by atoms with E-state index in [9.17, 15) is 0 Å². The Morgan fingerprint density at radius 2 is 1.62 bits per heavy atom. The molecule has 0 bridgehead atoms. The van der Waals surface area contributed by atoms with Gasteiger partial charge in [-0.1, -0.05) is 74.8 Å². The molecule has 0 amide bonds. The number of hydrogen-bond acceptors (Lipinski definition) is 2. The Bertz CT molecular complexity index is 798. The van der Waals surface area contributed by atoms with Crippen LogP contribution in [0.2, 0.25) is 5.15 Å². The van der Waals surface area contributed by atoms with Crippen LogP contribution in [-0.2, 0) is 5.41 Å². The van der Waals surface area contributed by atoms with Crippen LogP contribution in [0.25, 0.3) is 22.2 Å². The summed E-state index contributed by atoms with van der Waals surface area (Å²) in [6.07, 6.45) is 0. The molecule has 0 aliphatic carbocycles. The van der Waals surface area contributed by atoms with Gasteiger partial charge in [0.2, 0.25) is 0 Å². The summed E-state index contributed by atoms with van der Waals surface area (Å²) in [5.74, 6) is 0.684. The molecule has 21 heavy (non-hydrogen) atoms. The number of rotatable bonds is 1. The van der Waals surface area contributed by atoms with Crippen LogP contribution in [0.5, 0.6) is 0 Å². The third-order valence-corrected chi connectivity index (χ3v) is 3.69. The van der Waals surface area contributed by atoms with Gasteiger partial charge < -0.3 is 0 Å². The van der Waals surface area contributed by atoms with Crippen LogP contribution in [0.1, 0.15) is 26.5 Å². The van der Waals surface area contributed by atoms with Gasteiger partial charge in [0.15, 0.2) is 5.82 Å². The molecule has 106 valence electrons. The highest BCUT2D eigenvalue weighted by Crippen LogP contribution is 2.29. The van der Waals surface area contributed by atoms with Gasteiger partial charge in [-0.3, -0.25) is 0 Å². The number of hydrogen-bond donors (Lipinski definition) is 0. The molecule has 2 nitrogen and oxygen atoms in total. The molecule has 3 rings (SSSR count). The summed E-state index contributed by atoms with van der Waals surface area (Å²) in [6, 6.07) is 16.2. The largest absolute Gasteiger partial charge is 0.232 e. The average molecular weight is 297 g/mol. The molecule has 0 spiro atoms. The number of fused-ring (bicyclic) bond motifs is 1. The van der Waals surface area contributed by atoms with Crippen LogP contribution in [0.15, 0.2) is 48.5 Å². The van der Waals surface area contributed by atoms with Gasteiger partial charge in [0.25, 0.3) is 0 Å². The number of benzene rings is 2. The summed E-state index contributed by atoms with van der Waals surface area (Å²) in [6.45, 7) is 6.37. The summed E-state index contributed by atoms with van der Waals surface area (Å²) >= 11 is 6.21. The van der Waals surface area contributed by atoms with Crippen molar-refractivity contribution in [3.63, 3.8) is 0 Å². The van der Waals surface area contributed by atoms with Gasteiger partial charge in [-0.25, -0.2) is 9.97 Å². The quantitative estimate of drug-likeness (QED) is 0.573. The molecule has 0 radical (unpaired) electrons. The smallest absolute Gasteiger partial charge is 0.161 e. The first-order valence-electron chi connectivity index (χ1n) is 6.98. The SMILES string of the molecule is CC(C)(C)c1cc(Cl)nc(-c2cccc3ccccc23)n1. The summed E-state index contributed by atoms with van der Waals surface area (Å²) < 4.78 is 0. The van der Waals surface area contributed by atoms with Gasteiger partial charge in [-0.15, -0.1) is 0 Å². The minimum absolute atomic E-state index is 0.0636. The first-order valence-corrected chi connectivity index (χ1v) is 7.36. The monoisotopic (exact) mass is 296 g/mol. The van der Waals surface area contributed by atoms with E-state index in [1.807, 2.05) is 30.3 Å². The zero-order valence-electron chi connectivity index (χ0n) is 12.4. The van der Waals surface area contributed by atoms with E-state index in [-0.39, 0.29) is 5.41 Å². The Morgan fingerprint density at radius 1 is 0.905 bits per heavy atom. The van der Waals surface area contributed by atoms with Gasteiger partial charge in [0.1, 0.15) is 5.15 Å². The van der Waals surface area contributed by atoms with E-state index in [1.165, 1.54) is 5.39 Å². The molecule has 0 unspecified atom stereocenters. The van der Waals surface area contributed by atoms with Gasteiger partial charge in [0, 0.05) is 11.0 Å². The van der Waals surface area contributed by atoms with Crippen LogP contribution in [0.4, 0.5) is 0 Å². The maximum atomic E-state index is 6.21. The molecule has 0 aliphatic heterocycles. The molecular weight excluding hydrogens is 280 g/mol. The van der Waals surface area contributed by atoms with Crippen molar-refractivity contribution in [3.05, 3.63) is 59.4 Å². The second kappa shape index (κ2) is 5.12. The summed E-state index contributed by atoms with van der Waals surface area (Å²) in [5.41, 5.74) is 1.90. The Kier molecular flexibility index (Phi) is 3.42. The first-order chi connectivity index (χ1) is 9.95. The lowest BCUT2D eigenvalue weighted by molar-refractivity contribution is 0.568. The van der Waals surface area contributed by atoms with Crippen molar-refractivity contribution in [1.82, 2.24) is 9.97 Å². The average Bonchev–Trinajstić information content (AvgIpc) is 2.45. The molecular formula is C18H17ClN2. The molecule has 0 saturated carbocycles. The highest BCUT2D eigenvalue weighted by Gasteiger charge is 2.18. The van der Waals surface area contributed by atoms with Crippen molar-refractivity contribution in [1.29, 1.82) is 0 Å². The number of halogens is 1. The van der Waals surface area contributed by atoms with Gasteiger partial charge in [-0.2, -0.15) is 0 Å². The van der Waals surface area contributed by atoms with Crippen molar-refractivity contribution in [3.8, 4) is 11.4 Å².